The van der Waals surface area contributed by atoms with Gasteiger partial charge in [0.05, 0.1) is 18.9 Å². The van der Waals surface area contributed by atoms with E-state index >= 15 is 0 Å². The Morgan fingerprint density at radius 2 is 2.15 bits per heavy atom. The van der Waals surface area contributed by atoms with Gasteiger partial charge < -0.3 is 19.7 Å². The van der Waals surface area contributed by atoms with Gasteiger partial charge in [-0.25, -0.2) is 4.79 Å². The first-order chi connectivity index (χ1) is 12.9. The molecule has 0 bridgehead atoms. The van der Waals surface area contributed by atoms with Crippen LogP contribution in [0.4, 0.5) is 0 Å². The lowest BCUT2D eigenvalue weighted by Gasteiger charge is -2.25. The van der Waals surface area contributed by atoms with Gasteiger partial charge in [-0.2, -0.15) is 0 Å². The molecule has 0 saturated heterocycles. The fraction of sp³-hybridized carbons (Fsp3) is 0.556. The highest BCUT2D eigenvalue weighted by Gasteiger charge is 2.25. The van der Waals surface area contributed by atoms with E-state index in [9.17, 15) is 25.1 Å². The summed E-state index contributed by atoms with van der Waals surface area (Å²) in [5.41, 5.74) is 0.647. The number of hydrogen-bond acceptors (Lipinski definition) is 8. The normalized spacial score (nSPS) is 15.0. The van der Waals surface area contributed by atoms with Crippen molar-refractivity contribution in [1.29, 1.82) is 0 Å². The monoisotopic (exact) mass is 382 g/mol. The number of hydrogen-bond donors (Lipinski definition) is 2. The Morgan fingerprint density at radius 3 is 2.67 bits per heavy atom. The van der Waals surface area contributed by atoms with Crippen LogP contribution in [0.2, 0.25) is 0 Å². The molecular formula is C18H26N2O7. The highest BCUT2D eigenvalue weighted by atomic mass is 16.6. The molecule has 1 heterocycles. The molecule has 0 aliphatic carbocycles. The van der Waals surface area contributed by atoms with Gasteiger partial charge in [-0.05, 0) is 31.6 Å². The molecule has 3 atom stereocenters. The summed E-state index contributed by atoms with van der Waals surface area (Å²) in [5.74, 6) is -0.719. The first-order valence-electron chi connectivity index (χ1n) is 8.77. The molecule has 9 heteroatoms. The van der Waals surface area contributed by atoms with Crippen LogP contribution in [0, 0.1) is 10.1 Å². The molecule has 3 unspecified atom stereocenters. The topological polar surface area (TPSA) is 132 Å². The second kappa shape index (κ2) is 12.1. The number of aromatic nitrogens is 1. The van der Waals surface area contributed by atoms with Gasteiger partial charge in [-0.1, -0.05) is 13.0 Å². The molecule has 9 nitrogen and oxygen atoms in total. The summed E-state index contributed by atoms with van der Waals surface area (Å²) in [6, 6.07) is 5.31. The summed E-state index contributed by atoms with van der Waals surface area (Å²) < 4.78 is 10.8. The van der Waals surface area contributed by atoms with Crippen LogP contribution >= 0.6 is 0 Å². The van der Waals surface area contributed by atoms with Gasteiger partial charge >= 0.3 is 5.97 Å². The largest absolute Gasteiger partial charge is 0.463 e. The van der Waals surface area contributed by atoms with Crippen LogP contribution in [-0.2, 0) is 14.3 Å². The fourth-order valence-corrected chi connectivity index (χ4v) is 2.36. The van der Waals surface area contributed by atoms with Gasteiger partial charge in [0.15, 0.2) is 0 Å². The second-order valence-electron chi connectivity index (χ2n) is 5.72. The molecule has 0 fully saturated rings. The standard InChI is InChI=1S/C18H26N2O7/c1-3-16(14-7-5-6-9-19-14)27-17(15(22)12-21)11-13(8-10-20(24)25)18(23)26-4-2/h5-7,9,11,15-17,21-22H,3-4,8,10,12H2,1-2H3/b13-11+. The number of rotatable bonds is 12. The van der Waals surface area contributed by atoms with Gasteiger partial charge in [-0.15, -0.1) is 0 Å². The van der Waals surface area contributed by atoms with Crippen molar-refractivity contribution in [1.82, 2.24) is 4.98 Å². The molecule has 2 N–H and O–H groups in total. The predicted octanol–water partition coefficient (Wildman–Crippen LogP) is 1.43. The van der Waals surface area contributed by atoms with E-state index in [1.807, 2.05) is 6.92 Å². The quantitative estimate of drug-likeness (QED) is 0.240. The van der Waals surface area contributed by atoms with E-state index in [1.54, 1.807) is 31.3 Å². The van der Waals surface area contributed by atoms with E-state index in [-0.39, 0.29) is 18.6 Å². The van der Waals surface area contributed by atoms with Crippen LogP contribution in [0.5, 0.6) is 0 Å². The average Bonchev–Trinajstić information content (AvgIpc) is 2.67. The minimum Gasteiger partial charge on any atom is -0.463 e. The van der Waals surface area contributed by atoms with Crippen LogP contribution in [0.15, 0.2) is 36.0 Å². The number of esters is 1. The molecule has 0 aliphatic heterocycles. The highest BCUT2D eigenvalue weighted by Crippen LogP contribution is 2.23. The number of aliphatic hydroxyl groups is 2. The van der Waals surface area contributed by atoms with Crippen LogP contribution in [0.3, 0.4) is 0 Å². The van der Waals surface area contributed by atoms with E-state index in [0.717, 1.165) is 0 Å². The molecule has 150 valence electrons. The van der Waals surface area contributed by atoms with Crippen LogP contribution in [0.25, 0.3) is 0 Å². The van der Waals surface area contributed by atoms with Gasteiger partial charge in [0.25, 0.3) is 0 Å². The third kappa shape index (κ3) is 7.81. The van der Waals surface area contributed by atoms with Crippen molar-refractivity contribution in [2.24, 2.45) is 0 Å². The number of ether oxygens (including phenoxy) is 2. The zero-order valence-electron chi connectivity index (χ0n) is 15.5. The summed E-state index contributed by atoms with van der Waals surface area (Å²) in [4.78, 5) is 26.4. The Hall–Kier alpha value is -2.36. The Bertz CT molecular complexity index is 621. The zero-order chi connectivity index (χ0) is 20.2. The van der Waals surface area contributed by atoms with Crippen LogP contribution in [-0.4, -0.2) is 58.1 Å². The van der Waals surface area contributed by atoms with Gasteiger partial charge in [0, 0.05) is 23.1 Å². The van der Waals surface area contributed by atoms with E-state index in [0.29, 0.717) is 12.1 Å². The number of pyridine rings is 1. The molecule has 1 rings (SSSR count). The highest BCUT2D eigenvalue weighted by molar-refractivity contribution is 5.88. The maximum Gasteiger partial charge on any atom is 0.334 e. The van der Waals surface area contributed by atoms with E-state index in [1.165, 1.54) is 6.08 Å². The molecule has 0 aliphatic rings. The second-order valence-corrected chi connectivity index (χ2v) is 5.72. The van der Waals surface area contributed by atoms with E-state index in [2.05, 4.69) is 4.98 Å². The lowest BCUT2D eigenvalue weighted by Crippen LogP contribution is -2.33. The predicted molar refractivity (Wildman–Crippen MR) is 96.4 cm³/mol. The SMILES string of the molecule is CCOC(=O)/C(=C/C(OC(CC)c1ccccn1)C(O)CO)CC[N+](=O)[O-]. The Labute approximate surface area is 157 Å². The number of nitro groups is 1. The average molecular weight is 382 g/mol. The Morgan fingerprint density at radius 1 is 1.41 bits per heavy atom. The van der Waals surface area contributed by atoms with Crippen molar-refractivity contribution in [3.05, 3.63) is 51.9 Å². The third-order valence-corrected chi connectivity index (χ3v) is 3.74. The minimum atomic E-state index is -1.32. The Balaban J connectivity index is 3.10. The molecule has 0 aromatic carbocycles. The summed E-state index contributed by atoms with van der Waals surface area (Å²) in [5, 5.41) is 30.1. The van der Waals surface area contributed by atoms with Gasteiger partial charge in [0.1, 0.15) is 18.3 Å². The van der Waals surface area contributed by atoms with E-state index in [4.69, 9.17) is 9.47 Å². The number of nitrogens with zero attached hydrogens (tertiary/aromatic N) is 2. The van der Waals surface area contributed by atoms with Crippen LogP contribution < -0.4 is 0 Å². The summed E-state index contributed by atoms with van der Waals surface area (Å²) in [7, 11) is 0. The molecule has 1 aromatic rings. The lowest BCUT2D eigenvalue weighted by atomic mass is 10.1. The molecule has 27 heavy (non-hydrogen) atoms. The smallest absolute Gasteiger partial charge is 0.334 e. The first-order valence-corrected chi connectivity index (χ1v) is 8.77. The van der Waals surface area contributed by atoms with Crippen LogP contribution in [0.1, 0.15) is 38.5 Å². The lowest BCUT2D eigenvalue weighted by molar-refractivity contribution is -0.479. The summed E-state index contributed by atoms with van der Waals surface area (Å²) in [6.07, 6.45) is 0.375. The summed E-state index contributed by atoms with van der Waals surface area (Å²) in [6.45, 7) is 2.52. The molecule has 0 radical (unpaired) electrons. The number of carbonyl (C=O) groups is 1. The van der Waals surface area contributed by atoms with Crippen molar-refractivity contribution >= 4 is 5.97 Å². The third-order valence-electron chi connectivity index (χ3n) is 3.74. The van der Waals surface area contributed by atoms with E-state index < -0.39 is 42.4 Å². The maximum atomic E-state index is 12.1. The molecule has 0 amide bonds. The van der Waals surface area contributed by atoms with Crippen molar-refractivity contribution < 1.29 is 29.4 Å². The number of carbonyl (C=O) groups excluding carboxylic acids is 1. The Kier molecular flexibility index (Phi) is 10.2. The molecular weight excluding hydrogens is 356 g/mol. The van der Waals surface area contributed by atoms with Crippen molar-refractivity contribution in [2.45, 2.75) is 45.0 Å². The number of aliphatic hydroxyl groups excluding tert-OH is 2. The van der Waals surface area contributed by atoms with Crippen molar-refractivity contribution in [2.75, 3.05) is 19.8 Å². The van der Waals surface area contributed by atoms with Crippen molar-refractivity contribution in [3.8, 4) is 0 Å². The fourth-order valence-electron chi connectivity index (χ4n) is 2.36. The van der Waals surface area contributed by atoms with Crippen molar-refractivity contribution in [3.63, 3.8) is 0 Å². The summed E-state index contributed by atoms with van der Waals surface area (Å²) >= 11 is 0. The maximum absolute atomic E-state index is 12.1. The molecule has 0 spiro atoms. The zero-order valence-corrected chi connectivity index (χ0v) is 15.5. The minimum absolute atomic E-state index is 0.0157. The molecule has 0 saturated carbocycles. The molecule has 1 aromatic heterocycles. The van der Waals surface area contributed by atoms with Gasteiger partial charge in [-0.3, -0.25) is 15.1 Å². The van der Waals surface area contributed by atoms with Gasteiger partial charge in [0.2, 0.25) is 6.54 Å². The first kappa shape index (κ1) is 22.7.